The zero-order chi connectivity index (χ0) is 14.9. The van der Waals surface area contributed by atoms with Crippen LogP contribution in [0, 0.1) is 0 Å². The minimum atomic E-state index is 0.445. The quantitative estimate of drug-likeness (QED) is 0.533. The van der Waals surface area contributed by atoms with Gasteiger partial charge in [0, 0.05) is 6.20 Å². The van der Waals surface area contributed by atoms with Crippen LogP contribution in [0.1, 0.15) is 0 Å². The number of fused-ring (bicyclic) bond motifs is 1. The summed E-state index contributed by atoms with van der Waals surface area (Å²) in [6.45, 7) is 0. The summed E-state index contributed by atoms with van der Waals surface area (Å²) in [7, 11) is 0. The molecule has 0 amide bonds. The van der Waals surface area contributed by atoms with Crippen LogP contribution in [0.15, 0.2) is 66.9 Å². The van der Waals surface area contributed by atoms with Gasteiger partial charge in [0.1, 0.15) is 11.0 Å². The minimum Gasteiger partial charge on any atom is -0.338 e. The van der Waals surface area contributed by atoms with Crippen molar-refractivity contribution in [1.82, 2.24) is 15.0 Å². The first-order chi connectivity index (χ1) is 10.8. The van der Waals surface area contributed by atoms with Gasteiger partial charge in [-0.2, -0.15) is 0 Å². The van der Waals surface area contributed by atoms with Gasteiger partial charge in [0.05, 0.1) is 16.6 Å². The SMILES string of the molecule is Clc1nccc(-c2ccccc2)c1-c1nc2ccccc2[nH]1. The lowest BCUT2D eigenvalue weighted by Gasteiger charge is -2.08. The summed E-state index contributed by atoms with van der Waals surface area (Å²) in [6.07, 6.45) is 1.72. The predicted molar refractivity (Wildman–Crippen MR) is 89.8 cm³/mol. The molecule has 0 unspecified atom stereocenters. The van der Waals surface area contributed by atoms with Crippen molar-refractivity contribution in [3.05, 3.63) is 72.0 Å². The summed E-state index contributed by atoms with van der Waals surface area (Å²) in [5.74, 6) is 0.734. The zero-order valence-corrected chi connectivity index (χ0v) is 12.4. The fraction of sp³-hybridized carbons (Fsp3) is 0. The Hall–Kier alpha value is -2.65. The van der Waals surface area contributed by atoms with E-state index in [0.29, 0.717) is 5.15 Å². The van der Waals surface area contributed by atoms with E-state index in [1.54, 1.807) is 6.20 Å². The maximum absolute atomic E-state index is 6.37. The summed E-state index contributed by atoms with van der Waals surface area (Å²) in [5, 5.41) is 0.445. The number of para-hydroxylation sites is 2. The molecule has 4 rings (SSSR count). The minimum absolute atomic E-state index is 0.445. The highest BCUT2D eigenvalue weighted by Crippen LogP contribution is 2.35. The van der Waals surface area contributed by atoms with Gasteiger partial charge in [0.25, 0.3) is 0 Å². The number of aromatic nitrogens is 3. The molecule has 0 spiro atoms. The number of benzene rings is 2. The molecule has 0 atom stereocenters. The van der Waals surface area contributed by atoms with Crippen molar-refractivity contribution in [3.8, 4) is 22.5 Å². The largest absolute Gasteiger partial charge is 0.338 e. The first kappa shape index (κ1) is 13.0. The molecule has 0 aliphatic rings. The topological polar surface area (TPSA) is 41.6 Å². The van der Waals surface area contributed by atoms with Gasteiger partial charge < -0.3 is 4.98 Å². The molecule has 2 aromatic heterocycles. The van der Waals surface area contributed by atoms with Crippen molar-refractivity contribution in [2.45, 2.75) is 0 Å². The van der Waals surface area contributed by atoms with Crippen LogP contribution in [0.4, 0.5) is 0 Å². The number of rotatable bonds is 2. The molecule has 0 saturated carbocycles. The third-order valence-corrected chi connectivity index (χ3v) is 3.90. The van der Waals surface area contributed by atoms with Crippen LogP contribution in [0.5, 0.6) is 0 Å². The van der Waals surface area contributed by atoms with E-state index in [1.165, 1.54) is 0 Å². The summed E-state index contributed by atoms with van der Waals surface area (Å²) < 4.78 is 0. The number of H-pyrrole nitrogens is 1. The molecule has 3 nitrogen and oxygen atoms in total. The maximum atomic E-state index is 6.37. The average Bonchev–Trinajstić information content (AvgIpc) is 2.99. The Balaban J connectivity index is 1.98. The van der Waals surface area contributed by atoms with E-state index in [-0.39, 0.29) is 0 Å². The summed E-state index contributed by atoms with van der Waals surface area (Å²) in [4.78, 5) is 12.2. The molecule has 2 aromatic carbocycles. The molecule has 2 heterocycles. The van der Waals surface area contributed by atoms with Gasteiger partial charge in [-0.05, 0) is 29.3 Å². The average molecular weight is 306 g/mol. The van der Waals surface area contributed by atoms with E-state index in [4.69, 9.17) is 11.6 Å². The van der Waals surface area contributed by atoms with E-state index in [2.05, 4.69) is 27.1 Å². The molecule has 0 aliphatic heterocycles. The zero-order valence-electron chi connectivity index (χ0n) is 11.6. The van der Waals surface area contributed by atoms with E-state index in [1.807, 2.05) is 48.5 Å². The van der Waals surface area contributed by atoms with Crippen LogP contribution in [-0.2, 0) is 0 Å². The van der Waals surface area contributed by atoms with Gasteiger partial charge in [-0.25, -0.2) is 9.97 Å². The molecule has 0 fully saturated rings. The van der Waals surface area contributed by atoms with Crippen LogP contribution in [0.25, 0.3) is 33.5 Å². The van der Waals surface area contributed by atoms with Gasteiger partial charge in [0.2, 0.25) is 0 Å². The number of aromatic amines is 1. The second-order valence-electron chi connectivity index (χ2n) is 4.99. The number of halogens is 1. The molecule has 0 bridgehead atoms. The molecule has 4 heteroatoms. The number of nitrogens with one attached hydrogen (secondary N) is 1. The predicted octanol–water partition coefficient (Wildman–Crippen LogP) is 4.95. The molecule has 0 aliphatic carbocycles. The van der Waals surface area contributed by atoms with Gasteiger partial charge in [0.15, 0.2) is 0 Å². The normalized spacial score (nSPS) is 11.0. The number of pyridine rings is 1. The van der Waals surface area contributed by atoms with Crippen LogP contribution >= 0.6 is 11.6 Å². The highest BCUT2D eigenvalue weighted by Gasteiger charge is 2.15. The van der Waals surface area contributed by atoms with Crippen molar-refractivity contribution in [3.63, 3.8) is 0 Å². The van der Waals surface area contributed by atoms with E-state index >= 15 is 0 Å². The Morgan fingerprint density at radius 3 is 2.45 bits per heavy atom. The highest BCUT2D eigenvalue weighted by molar-refractivity contribution is 6.32. The van der Waals surface area contributed by atoms with Gasteiger partial charge in [-0.3, -0.25) is 0 Å². The van der Waals surface area contributed by atoms with Crippen LogP contribution < -0.4 is 0 Å². The fourth-order valence-corrected chi connectivity index (χ4v) is 2.84. The molecular formula is C18H12ClN3. The third-order valence-electron chi connectivity index (χ3n) is 3.62. The number of hydrogen-bond acceptors (Lipinski definition) is 2. The standard InChI is InChI=1S/C18H12ClN3/c19-17-16(18-21-14-8-4-5-9-15(14)22-18)13(10-11-20-17)12-6-2-1-3-7-12/h1-11H,(H,21,22). The molecule has 0 saturated heterocycles. The van der Waals surface area contributed by atoms with Crippen LogP contribution in [0.2, 0.25) is 5.15 Å². The Morgan fingerprint density at radius 2 is 1.64 bits per heavy atom. The number of nitrogens with zero attached hydrogens (tertiary/aromatic N) is 2. The lowest BCUT2D eigenvalue weighted by molar-refractivity contribution is 1.27. The molecule has 106 valence electrons. The summed E-state index contributed by atoms with van der Waals surface area (Å²) in [5.41, 5.74) is 4.82. The Labute approximate surface area is 132 Å². The maximum Gasteiger partial charge on any atom is 0.142 e. The van der Waals surface area contributed by atoms with E-state index in [0.717, 1.165) is 33.5 Å². The van der Waals surface area contributed by atoms with Gasteiger partial charge in [-0.1, -0.05) is 54.1 Å². The Kier molecular flexibility index (Phi) is 3.13. The number of imidazole rings is 1. The lowest BCUT2D eigenvalue weighted by atomic mass is 10.0. The first-order valence-electron chi connectivity index (χ1n) is 6.98. The lowest BCUT2D eigenvalue weighted by Crippen LogP contribution is -1.90. The smallest absolute Gasteiger partial charge is 0.142 e. The van der Waals surface area contributed by atoms with Crippen molar-refractivity contribution < 1.29 is 0 Å². The molecule has 1 N–H and O–H groups in total. The highest BCUT2D eigenvalue weighted by atomic mass is 35.5. The van der Waals surface area contributed by atoms with Crippen molar-refractivity contribution >= 4 is 22.6 Å². The monoisotopic (exact) mass is 305 g/mol. The molecular weight excluding hydrogens is 294 g/mol. The fourth-order valence-electron chi connectivity index (χ4n) is 2.59. The van der Waals surface area contributed by atoms with E-state index in [9.17, 15) is 0 Å². The third kappa shape index (κ3) is 2.16. The van der Waals surface area contributed by atoms with Crippen molar-refractivity contribution in [1.29, 1.82) is 0 Å². The molecule has 4 aromatic rings. The summed E-state index contributed by atoms with van der Waals surface area (Å²) >= 11 is 6.37. The second-order valence-corrected chi connectivity index (χ2v) is 5.35. The Morgan fingerprint density at radius 1 is 0.864 bits per heavy atom. The van der Waals surface area contributed by atoms with E-state index < -0.39 is 0 Å². The first-order valence-corrected chi connectivity index (χ1v) is 7.36. The van der Waals surface area contributed by atoms with Gasteiger partial charge in [-0.15, -0.1) is 0 Å². The van der Waals surface area contributed by atoms with Crippen LogP contribution in [0.3, 0.4) is 0 Å². The number of hydrogen-bond donors (Lipinski definition) is 1. The molecule has 0 radical (unpaired) electrons. The summed E-state index contributed by atoms with van der Waals surface area (Å²) in [6, 6.07) is 20.0. The Bertz CT molecular complexity index is 912. The molecule has 22 heavy (non-hydrogen) atoms. The second kappa shape index (κ2) is 5.28. The van der Waals surface area contributed by atoms with Crippen LogP contribution in [-0.4, -0.2) is 15.0 Å². The van der Waals surface area contributed by atoms with Gasteiger partial charge >= 0.3 is 0 Å². The van der Waals surface area contributed by atoms with Crippen molar-refractivity contribution in [2.75, 3.05) is 0 Å². The van der Waals surface area contributed by atoms with Crippen molar-refractivity contribution in [2.24, 2.45) is 0 Å².